The number of aryl methyl sites for hydroxylation is 1. The van der Waals surface area contributed by atoms with Crippen molar-refractivity contribution in [3.8, 4) is 5.75 Å². The Morgan fingerprint density at radius 3 is 2.83 bits per heavy atom. The van der Waals surface area contributed by atoms with E-state index < -0.39 is 0 Å². The summed E-state index contributed by atoms with van der Waals surface area (Å²) in [7, 11) is 0. The number of benzene rings is 1. The van der Waals surface area contributed by atoms with Crippen LogP contribution in [0.1, 0.15) is 23.8 Å². The summed E-state index contributed by atoms with van der Waals surface area (Å²) in [6.07, 6.45) is 5.44. The third-order valence-corrected chi connectivity index (χ3v) is 7.50. The lowest BCUT2D eigenvalue weighted by atomic mass is 9.88. The van der Waals surface area contributed by atoms with Crippen molar-refractivity contribution in [1.29, 1.82) is 0 Å². The molecule has 0 radical (unpaired) electrons. The molecule has 29 heavy (non-hydrogen) atoms. The van der Waals surface area contributed by atoms with Crippen molar-refractivity contribution >= 4 is 27.4 Å². The Bertz CT molecular complexity index is 966. The molecule has 1 atom stereocenters. The van der Waals surface area contributed by atoms with E-state index in [1.165, 1.54) is 40.9 Å². The van der Waals surface area contributed by atoms with Gasteiger partial charge in [0.15, 0.2) is 0 Å². The first-order valence-electron chi connectivity index (χ1n) is 10.8. The first-order chi connectivity index (χ1) is 14.3. The number of rotatable bonds is 5. The Kier molecular flexibility index (Phi) is 5.38. The van der Waals surface area contributed by atoms with Gasteiger partial charge in [-0.3, -0.25) is 0 Å². The monoisotopic (exact) mass is 409 g/mol. The van der Waals surface area contributed by atoms with Crippen molar-refractivity contribution < 1.29 is 9.64 Å². The van der Waals surface area contributed by atoms with Crippen LogP contribution in [0.3, 0.4) is 0 Å². The van der Waals surface area contributed by atoms with Crippen molar-refractivity contribution in [3.05, 3.63) is 47.1 Å². The minimum Gasteiger partial charge on any atom is -0.488 e. The number of thiophene rings is 1. The zero-order valence-electron chi connectivity index (χ0n) is 17.1. The van der Waals surface area contributed by atoms with E-state index in [-0.39, 0.29) is 0 Å². The van der Waals surface area contributed by atoms with Gasteiger partial charge in [0.25, 0.3) is 0 Å². The van der Waals surface area contributed by atoms with Crippen LogP contribution in [0.5, 0.6) is 5.75 Å². The van der Waals surface area contributed by atoms with Gasteiger partial charge < -0.3 is 14.5 Å². The Hall–Kier alpha value is -2.18. The Morgan fingerprint density at radius 1 is 1.17 bits per heavy atom. The lowest BCUT2D eigenvalue weighted by Crippen LogP contribution is -3.15. The molecule has 0 amide bonds. The topological polar surface area (TPSA) is 42.7 Å². The molecule has 0 saturated carbocycles. The van der Waals surface area contributed by atoms with Crippen LogP contribution < -0.4 is 14.5 Å². The maximum Gasteiger partial charge on any atom is 0.141 e. The third-order valence-electron chi connectivity index (χ3n) is 6.31. The van der Waals surface area contributed by atoms with Crippen LogP contribution in [0.4, 0.5) is 5.82 Å². The van der Waals surface area contributed by atoms with Crippen LogP contribution in [0.2, 0.25) is 0 Å². The van der Waals surface area contributed by atoms with Crippen LogP contribution >= 0.6 is 11.3 Å². The van der Waals surface area contributed by atoms with Gasteiger partial charge in [0.1, 0.15) is 35.9 Å². The van der Waals surface area contributed by atoms with Crippen molar-refractivity contribution in [2.24, 2.45) is 5.92 Å². The van der Waals surface area contributed by atoms with Crippen molar-refractivity contribution in [1.82, 2.24) is 9.97 Å². The van der Waals surface area contributed by atoms with Gasteiger partial charge in [-0.2, -0.15) is 0 Å². The first kappa shape index (κ1) is 18.8. The Labute approximate surface area is 176 Å². The minimum atomic E-state index is 0.763. The van der Waals surface area contributed by atoms with Gasteiger partial charge in [-0.1, -0.05) is 25.1 Å². The summed E-state index contributed by atoms with van der Waals surface area (Å²) >= 11 is 1.89. The molecule has 152 valence electrons. The number of anilines is 1. The molecule has 3 aromatic rings. The molecule has 1 N–H and O–H groups in total. The summed E-state index contributed by atoms with van der Waals surface area (Å²) in [6, 6.07) is 10.1. The maximum atomic E-state index is 5.89. The highest BCUT2D eigenvalue weighted by molar-refractivity contribution is 7.19. The second-order valence-corrected chi connectivity index (χ2v) is 9.46. The maximum absolute atomic E-state index is 5.89. The van der Waals surface area contributed by atoms with Crippen LogP contribution in [-0.4, -0.2) is 49.3 Å². The molecule has 0 unspecified atom stereocenters. The van der Waals surface area contributed by atoms with E-state index in [2.05, 4.69) is 16.8 Å². The molecule has 1 aliphatic heterocycles. The van der Waals surface area contributed by atoms with E-state index in [9.17, 15) is 0 Å². The highest BCUT2D eigenvalue weighted by Gasteiger charge is 2.27. The molecule has 0 spiro atoms. The fraction of sp³-hybridized carbons (Fsp3) is 0.478. The number of nitrogens with zero attached hydrogens (tertiary/aromatic N) is 3. The number of aromatic nitrogens is 2. The molecular weight excluding hydrogens is 380 g/mol. The molecule has 2 aliphatic rings. The second-order valence-electron chi connectivity index (χ2n) is 8.38. The van der Waals surface area contributed by atoms with Crippen LogP contribution in [0, 0.1) is 5.92 Å². The zero-order chi connectivity index (χ0) is 19.6. The van der Waals surface area contributed by atoms with Crippen LogP contribution in [-0.2, 0) is 12.8 Å². The summed E-state index contributed by atoms with van der Waals surface area (Å²) in [5.41, 5.74) is 1.53. The highest BCUT2D eigenvalue weighted by atomic mass is 32.1. The smallest absolute Gasteiger partial charge is 0.141 e. The number of piperazine rings is 1. The number of fused-ring (bicyclic) bond motifs is 3. The van der Waals surface area contributed by atoms with E-state index in [0.717, 1.165) is 51.0 Å². The number of nitrogens with one attached hydrogen (secondary N) is 1. The molecule has 6 heteroatoms. The van der Waals surface area contributed by atoms with Crippen LogP contribution in [0.15, 0.2) is 36.7 Å². The molecule has 1 aliphatic carbocycles. The summed E-state index contributed by atoms with van der Waals surface area (Å²) < 4.78 is 5.89. The lowest BCUT2D eigenvalue weighted by Gasteiger charge is -2.33. The molecule has 3 heterocycles. The van der Waals surface area contributed by atoms with Gasteiger partial charge in [-0.25, -0.2) is 9.97 Å². The quantitative estimate of drug-likeness (QED) is 0.704. The normalized spacial score (nSPS) is 20.0. The summed E-state index contributed by atoms with van der Waals surface area (Å²) in [6.45, 7) is 8.55. The number of hydrogen-bond donors (Lipinski definition) is 1. The van der Waals surface area contributed by atoms with Gasteiger partial charge in [0.05, 0.1) is 31.6 Å². The van der Waals surface area contributed by atoms with E-state index in [1.54, 1.807) is 16.1 Å². The van der Waals surface area contributed by atoms with Crippen molar-refractivity contribution in [3.63, 3.8) is 0 Å². The fourth-order valence-electron chi connectivity index (χ4n) is 4.62. The molecular formula is C23H29N4OS+. The molecule has 0 bridgehead atoms. The summed E-state index contributed by atoms with van der Waals surface area (Å²) in [5, 5.41) is 1.34. The molecule has 1 saturated heterocycles. The molecule has 1 fully saturated rings. The largest absolute Gasteiger partial charge is 0.488 e. The van der Waals surface area contributed by atoms with E-state index in [0.29, 0.717) is 0 Å². The predicted molar refractivity (Wildman–Crippen MR) is 118 cm³/mol. The van der Waals surface area contributed by atoms with Gasteiger partial charge >= 0.3 is 0 Å². The summed E-state index contributed by atoms with van der Waals surface area (Å²) in [4.78, 5) is 16.2. The van der Waals surface area contributed by atoms with E-state index >= 15 is 0 Å². The lowest BCUT2D eigenvalue weighted by molar-refractivity contribution is -0.900. The number of quaternary nitrogens is 1. The van der Waals surface area contributed by atoms with Crippen LogP contribution in [0.25, 0.3) is 10.2 Å². The average molecular weight is 410 g/mol. The minimum absolute atomic E-state index is 0.763. The van der Waals surface area contributed by atoms with Gasteiger partial charge in [0, 0.05) is 4.88 Å². The predicted octanol–water partition coefficient (Wildman–Crippen LogP) is 2.60. The first-order valence-corrected chi connectivity index (χ1v) is 11.6. The number of hydrogen-bond acceptors (Lipinski definition) is 5. The van der Waals surface area contributed by atoms with Crippen molar-refractivity contribution in [2.45, 2.75) is 26.2 Å². The standard InChI is InChI=1S/C23H28N4OS/c1-17-7-8-20-19(15-17)21-22(24-16-25-23(21)29-20)27-11-9-26(10-12-27)13-14-28-18-5-3-2-4-6-18/h2-6,16-17H,7-15H2,1H3/p+1/t17-/m0/s1. The van der Waals surface area contributed by atoms with Gasteiger partial charge in [0.2, 0.25) is 0 Å². The SMILES string of the molecule is C[C@H]1CCc2sc3ncnc(N4CC[NH+](CCOc5ccccc5)CC4)c3c2C1. The van der Waals surface area contributed by atoms with E-state index in [4.69, 9.17) is 9.72 Å². The molecule has 1 aromatic carbocycles. The average Bonchev–Trinajstić information content (AvgIpc) is 3.13. The zero-order valence-corrected chi connectivity index (χ0v) is 17.9. The molecule has 5 nitrogen and oxygen atoms in total. The van der Waals surface area contributed by atoms with Gasteiger partial charge in [-0.15, -0.1) is 11.3 Å². The fourth-order valence-corrected chi connectivity index (χ4v) is 5.80. The summed E-state index contributed by atoms with van der Waals surface area (Å²) in [5.74, 6) is 2.89. The Balaban J connectivity index is 1.24. The van der Waals surface area contributed by atoms with Gasteiger partial charge in [-0.05, 0) is 42.9 Å². The van der Waals surface area contributed by atoms with E-state index in [1.807, 2.05) is 41.7 Å². The Morgan fingerprint density at radius 2 is 2.00 bits per heavy atom. The number of ether oxygens (including phenoxy) is 1. The molecule has 5 rings (SSSR count). The third kappa shape index (κ3) is 3.96. The van der Waals surface area contributed by atoms with Crippen molar-refractivity contribution in [2.75, 3.05) is 44.2 Å². The highest BCUT2D eigenvalue weighted by Crippen LogP contribution is 2.40. The number of para-hydroxylation sites is 1. The second kappa shape index (κ2) is 8.28. The molecule has 2 aromatic heterocycles.